The van der Waals surface area contributed by atoms with Gasteiger partial charge >= 0.3 is 5.97 Å². The number of rotatable bonds is 4. The third-order valence-corrected chi connectivity index (χ3v) is 1.52. The molecule has 1 fully saturated rings. The molecular weight excluding hydrogens is 160 g/mol. The maximum absolute atomic E-state index is 10.2. The third-order valence-electron chi connectivity index (χ3n) is 1.52. The first-order valence-corrected chi connectivity index (χ1v) is 3.78. The molecule has 0 unspecified atom stereocenters. The Morgan fingerprint density at radius 3 is 2.83 bits per heavy atom. The van der Waals surface area contributed by atoms with Crippen molar-refractivity contribution in [2.45, 2.75) is 13.0 Å². The van der Waals surface area contributed by atoms with Crippen molar-refractivity contribution in [3.05, 3.63) is 11.6 Å². The molecule has 1 heterocycles. The topological polar surface area (TPSA) is 55.8 Å². The summed E-state index contributed by atoms with van der Waals surface area (Å²) < 4.78 is 10.2. The lowest BCUT2D eigenvalue weighted by Crippen LogP contribution is -2.36. The summed E-state index contributed by atoms with van der Waals surface area (Å²) in [5, 5.41) is 8.36. The number of hydrogen-bond acceptors (Lipinski definition) is 3. The highest BCUT2D eigenvalue weighted by Crippen LogP contribution is 2.06. The Morgan fingerprint density at radius 2 is 2.42 bits per heavy atom. The van der Waals surface area contributed by atoms with Crippen LogP contribution in [0.2, 0.25) is 0 Å². The third kappa shape index (κ3) is 3.02. The summed E-state index contributed by atoms with van der Waals surface area (Å²) in [4.78, 5) is 10.2. The first-order chi connectivity index (χ1) is 5.68. The minimum atomic E-state index is -0.930. The van der Waals surface area contributed by atoms with Gasteiger partial charge in [0.1, 0.15) is 6.10 Å². The lowest BCUT2D eigenvalue weighted by molar-refractivity contribution is -0.132. The fourth-order valence-electron chi connectivity index (χ4n) is 0.812. The molecule has 0 spiro atoms. The predicted molar refractivity (Wildman–Crippen MR) is 42.0 cm³/mol. The van der Waals surface area contributed by atoms with Gasteiger partial charge in [-0.3, -0.25) is 0 Å². The van der Waals surface area contributed by atoms with Crippen LogP contribution in [0, 0.1) is 0 Å². The highest BCUT2D eigenvalue weighted by Gasteiger charge is 2.18. The molecule has 0 aromatic carbocycles. The zero-order valence-electron chi connectivity index (χ0n) is 6.95. The van der Waals surface area contributed by atoms with Gasteiger partial charge in [-0.2, -0.15) is 0 Å². The van der Waals surface area contributed by atoms with Crippen LogP contribution >= 0.6 is 0 Å². The maximum atomic E-state index is 10.2. The fourth-order valence-corrected chi connectivity index (χ4v) is 0.812. The van der Waals surface area contributed by atoms with E-state index in [0.717, 1.165) is 11.6 Å². The Morgan fingerprint density at radius 1 is 1.75 bits per heavy atom. The van der Waals surface area contributed by atoms with Crippen LogP contribution in [0.25, 0.3) is 0 Å². The maximum Gasteiger partial charge on any atom is 0.328 e. The number of carboxylic acids is 1. The van der Waals surface area contributed by atoms with E-state index in [1.165, 1.54) is 0 Å². The summed E-state index contributed by atoms with van der Waals surface area (Å²) in [6.45, 7) is 3.36. The van der Waals surface area contributed by atoms with E-state index in [2.05, 4.69) is 0 Å². The van der Waals surface area contributed by atoms with E-state index < -0.39 is 5.97 Å². The van der Waals surface area contributed by atoms with Crippen molar-refractivity contribution in [3.63, 3.8) is 0 Å². The lowest BCUT2D eigenvalue weighted by Gasteiger charge is -2.25. The number of aliphatic carboxylic acids is 1. The van der Waals surface area contributed by atoms with E-state index in [-0.39, 0.29) is 6.10 Å². The monoisotopic (exact) mass is 172 g/mol. The van der Waals surface area contributed by atoms with Crippen molar-refractivity contribution in [1.82, 2.24) is 0 Å². The molecule has 1 rings (SSSR count). The van der Waals surface area contributed by atoms with Gasteiger partial charge in [0.05, 0.1) is 19.8 Å². The van der Waals surface area contributed by atoms with Gasteiger partial charge in [0.2, 0.25) is 0 Å². The molecule has 68 valence electrons. The number of carbonyl (C=O) groups is 1. The Kier molecular flexibility index (Phi) is 3.25. The Balaban J connectivity index is 2.16. The van der Waals surface area contributed by atoms with Crippen LogP contribution in [0.4, 0.5) is 0 Å². The number of hydrogen-bond donors (Lipinski definition) is 1. The second-order valence-electron chi connectivity index (χ2n) is 2.80. The largest absolute Gasteiger partial charge is 0.478 e. The molecule has 12 heavy (non-hydrogen) atoms. The lowest BCUT2D eigenvalue weighted by atomic mass is 10.3. The van der Waals surface area contributed by atoms with Crippen molar-refractivity contribution < 1.29 is 19.4 Å². The number of carboxylic acid groups (broad SMARTS) is 1. The van der Waals surface area contributed by atoms with Crippen LogP contribution in [0.3, 0.4) is 0 Å². The van der Waals surface area contributed by atoms with Gasteiger partial charge in [-0.15, -0.1) is 0 Å². The average Bonchev–Trinajstić information content (AvgIpc) is 1.81. The van der Waals surface area contributed by atoms with Crippen LogP contribution in [0.5, 0.6) is 0 Å². The highest BCUT2D eigenvalue weighted by atomic mass is 16.6. The molecule has 0 saturated carbocycles. The van der Waals surface area contributed by atoms with Crippen molar-refractivity contribution >= 4 is 5.97 Å². The Hall–Kier alpha value is -0.870. The van der Waals surface area contributed by atoms with Crippen LogP contribution in [0.1, 0.15) is 6.92 Å². The van der Waals surface area contributed by atoms with Gasteiger partial charge in [-0.05, 0) is 12.5 Å². The Bertz CT molecular complexity index is 193. The molecule has 4 heteroatoms. The van der Waals surface area contributed by atoms with Gasteiger partial charge in [0.25, 0.3) is 0 Å². The molecule has 1 saturated heterocycles. The fraction of sp³-hybridized carbons (Fsp3) is 0.625. The minimum absolute atomic E-state index is 0.155. The second-order valence-corrected chi connectivity index (χ2v) is 2.80. The van der Waals surface area contributed by atoms with Crippen LogP contribution in [-0.4, -0.2) is 37.0 Å². The van der Waals surface area contributed by atoms with Gasteiger partial charge in [0, 0.05) is 6.08 Å². The summed E-state index contributed by atoms with van der Waals surface area (Å²) in [6, 6.07) is 0. The normalized spacial score (nSPS) is 18.9. The van der Waals surface area contributed by atoms with E-state index in [4.69, 9.17) is 14.6 Å². The summed E-state index contributed by atoms with van der Waals surface area (Å²) in [5.41, 5.74) is 0.717. The second kappa shape index (κ2) is 4.23. The van der Waals surface area contributed by atoms with Crippen molar-refractivity contribution in [2.24, 2.45) is 0 Å². The molecule has 0 aromatic heterocycles. The van der Waals surface area contributed by atoms with Crippen molar-refractivity contribution in [3.8, 4) is 0 Å². The van der Waals surface area contributed by atoms with E-state index in [0.29, 0.717) is 19.8 Å². The summed E-state index contributed by atoms with van der Waals surface area (Å²) in [6.07, 6.45) is 1.31. The quantitative estimate of drug-likeness (QED) is 0.625. The van der Waals surface area contributed by atoms with Gasteiger partial charge in [-0.25, -0.2) is 4.79 Å². The van der Waals surface area contributed by atoms with E-state index in [1.807, 2.05) is 0 Å². The zero-order chi connectivity index (χ0) is 8.97. The van der Waals surface area contributed by atoms with Crippen molar-refractivity contribution in [1.29, 1.82) is 0 Å². The van der Waals surface area contributed by atoms with Crippen LogP contribution < -0.4 is 0 Å². The van der Waals surface area contributed by atoms with Crippen LogP contribution in [0.15, 0.2) is 11.6 Å². The number of ether oxygens (including phenoxy) is 2. The summed E-state index contributed by atoms with van der Waals surface area (Å²) >= 11 is 0. The average molecular weight is 172 g/mol. The molecule has 0 radical (unpaired) electrons. The predicted octanol–water partition coefficient (Wildman–Crippen LogP) is 0.433. The SMILES string of the molecule is CC(=CC(=O)O)COC1COC1. The van der Waals surface area contributed by atoms with E-state index in [1.54, 1.807) is 6.92 Å². The highest BCUT2D eigenvalue weighted by molar-refractivity contribution is 5.80. The zero-order valence-corrected chi connectivity index (χ0v) is 6.95. The molecule has 0 amide bonds. The van der Waals surface area contributed by atoms with E-state index >= 15 is 0 Å². The summed E-state index contributed by atoms with van der Waals surface area (Å²) in [7, 11) is 0. The molecule has 0 aliphatic carbocycles. The van der Waals surface area contributed by atoms with Gasteiger partial charge < -0.3 is 14.6 Å². The first kappa shape index (κ1) is 9.22. The standard InChI is InChI=1S/C8H12O4/c1-6(2-8(9)10)3-12-7-4-11-5-7/h2,7H,3-5H2,1H3,(H,9,10). The molecular formula is C8H12O4. The van der Waals surface area contributed by atoms with Crippen LogP contribution in [-0.2, 0) is 14.3 Å². The molecule has 0 bridgehead atoms. The molecule has 1 aliphatic heterocycles. The molecule has 1 N–H and O–H groups in total. The van der Waals surface area contributed by atoms with Gasteiger partial charge in [-0.1, -0.05) is 0 Å². The van der Waals surface area contributed by atoms with Crippen molar-refractivity contribution in [2.75, 3.05) is 19.8 Å². The minimum Gasteiger partial charge on any atom is -0.478 e. The molecule has 0 atom stereocenters. The Labute approximate surface area is 70.8 Å². The molecule has 0 aromatic rings. The first-order valence-electron chi connectivity index (χ1n) is 3.78. The van der Waals surface area contributed by atoms with Gasteiger partial charge in [0.15, 0.2) is 0 Å². The molecule has 1 aliphatic rings. The molecule has 4 nitrogen and oxygen atoms in total. The summed E-state index contributed by atoms with van der Waals surface area (Å²) in [5.74, 6) is -0.930. The van der Waals surface area contributed by atoms with E-state index in [9.17, 15) is 4.79 Å². The smallest absolute Gasteiger partial charge is 0.328 e.